The van der Waals surface area contributed by atoms with Crippen LogP contribution in [-0.2, 0) is 14.3 Å². The number of thiazole rings is 1. The van der Waals surface area contributed by atoms with Crippen LogP contribution in [0, 0.1) is 6.92 Å². The number of phenolic OH excluding ortho intramolecular Hbond substituents is 1. The van der Waals surface area contributed by atoms with Gasteiger partial charge >= 0.3 is 11.9 Å². The highest BCUT2D eigenvalue weighted by Gasteiger charge is 2.48. The van der Waals surface area contributed by atoms with E-state index in [1.807, 2.05) is 0 Å². The lowest BCUT2D eigenvalue weighted by Gasteiger charge is -2.23. The minimum atomic E-state index is -1.14. The van der Waals surface area contributed by atoms with E-state index in [0.29, 0.717) is 17.0 Å². The predicted molar refractivity (Wildman–Crippen MR) is 135 cm³/mol. The van der Waals surface area contributed by atoms with Gasteiger partial charge in [-0.1, -0.05) is 29.5 Å². The number of hydrogen-bond donors (Lipinski definition) is 2. The zero-order valence-corrected chi connectivity index (χ0v) is 21.3. The van der Waals surface area contributed by atoms with E-state index in [1.165, 1.54) is 38.5 Å². The Morgan fingerprint density at radius 3 is 2.59 bits per heavy atom. The smallest absolute Gasteiger partial charge is 0.350 e. The number of aliphatic hydroxyl groups excluding tert-OH is 1. The number of hydrogen-bond acceptors (Lipinski definition) is 10. The molecule has 10 nitrogen and oxygen atoms in total. The molecule has 0 radical (unpaired) electrons. The van der Waals surface area contributed by atoms with Crippen molar-refractivity contribution >= 4 is 39.9 Å². The van der Waals surface area contributed by atoms with Crippen molar-refractivity contribution in [2.75, 3.05) is 25.7 Å². The number of Topliss-reactive ketones (excluding diaryl/α,β-unsaturated/α-hetero) is 1. The number of aliphatic hydroxyl groups is 1. The van der Waals surface area contributed by atoms with E-state index in [2.05, 4.69) is 4.98 Å². The second-order valence-corrected chi connectivity index (χ2v) is 8.94. The number of nitrogens with zero attached hydrogens (tertiary/aromatic N) is 2. The third-order valence-electron chi connectivity index (χ3n) is 5.75. The van der Waals surface area contributed by atoms with Gasteiger partial charge in [0.15, 0.2) is 16.6 Å². The van der Waals surface area contributed by atoms with Gasteiger partial charge in [0.25, 0.3) is 5.78 Å². The molecule has 1 amide bonds. The maximum absolute atomic E-state index is 13.4. The third kappa shape index (κ3) is 4.60. The van der Waals surface area contributed by atoms with Crippen molar-refractivity contribution in [3.63, 3.8) is 0 Å². The number of esters is 1. The third-order valence-corrected chi connectivity index (χ3v) is 6.89. The average molecular weight is 525 g/mol. The van der Waals surface area contributed by atoms with Gasteiger partial charge in [-0.3, -0.25) is 14.5 Å². The lowest BCUT2D eigenvalue weighted by atomic mass is 9.95. The highest BCUT2D eigenvalue weighted by atomic mass is 32.1. The number of aryl methyl sites for hydroxylation is 1. The molecule has 11 heteroatoms. The fourth-order valence-corrected chi connectivity index (χ4v) is 5.02. The predicted octanol–water partition coefficient (Wildman–Crippen LogP) is 3.98. The van der Waals surface area contributed by atoms with Crippen LogP contribution in [0.5, 0.6) is 17.2 Å². The molecule has 0 unspecified atom stereocenters. The summed E-state index contributed by atoms with van der Waals surface area (Å²) in [6, 6.07) is 9.66. The van der Waals surface area contributed by atoms with Crippen molar-refractivity contribution in [2.24, 2.45) is 0 Å². The highest BCUT2D eigenvalue weighted by Crippen LogP contribution is 2.45. The molecule has 0 aliphatic carbocycles. The summed E-state index contributed by atoms with van der Waals surface area (Å²) in [5.41, 5.74) is 0.758. The van der Waals surface area contributed by atoms with Crippen LogP contribution in [0.2, 0.25) is 0 Å². The first kappa shape index (κ1) is 25.7. The molecule has 192 valence electrons. The zero-order valence-electron chi connectivity index (χ0n) is 20.5. The summed E-state index contributed by atoms with van der Waals surface area (Å²) in [4.78, 5) is 44.6. The summed E-state index contributed by atoms with van der Waals surface area (Å²) in [5, 5.41) is 21.6. The topological polar surface area (TPSA) is 135 Å². The Balaban J connectivity index is 1.96. The van der Waals surface area contributed by atoms with Gasteiger partial charge in [0.2, 0.25) is 0 Å². The summed E-state index contributed by atoms with van der Waals surface area (Å²) < 4.78 is 15.5. The molecule has 1 aliphatic rings. The number of carbonyl (C=O) groups excluding carboxylic acids is 3. The molecule has 1 aromatic heterocycles. The number of amides is 1. The standard InChI is InChI=1S/C26H24N2O8S/c1-5-36-18-12-14(9-10-17(18)29)20-19(21(30)15-7-6-8-16(11-15)34-3)22(31)24(32)28(20)26-27-13(2)23(37-26)25(33)35-4/h6-12,20,29-30H,5H2,1-4H3/t20-/m0/s1. The Labute approximate surface area is 216 Å². The van der Waals surface area contributed by atoms with Crippen molar-refractivity contribution in [2.45, 2.75) is 19.9 Å². The molecule has 1 saturated heterocycles. The molecule has 2 aromatic carbocycles. The molecular formula is C26H24N2O8S. The van der Waals surface area contributed by atoms with Gasteiger partial charge in [0, 0.05) is 5.56 Å². The van der Waals surface area contributed by atoms with Crippen molar-refractivity contribution in [1.82, 2.24) is 4.98 Å². The Hall–Kier alpha value is -4.38. The number of phenols is 1. The van der Waals surface area contributed by atoms with Gasteiger partial charge in [-0.25, -0.2) is 9.78 Å². The summed E-state index contributed by atoms with van der Waals surface area (Å²) >= 11 is 0.889. The van der Waals surface area contributed by atoms with Crippen LogP contribution in [0.15, 0.2) is 48.0 Å². The van der Waals surface area contributed by atoms with Crippen molar-refractivity contribution < 1.29 is 38.8 Å². The van der Waals surface area contributed by atoms with E-state index in [4.69, 9.17) is 14.2 Å². The van der Waals surface area contributed by atoms with E-state index < -0.39 is 29.5 Å². The lowest BCUT2D eigenvalue weighted by Crippen LogP contribution is -2.29. The zero-order chi connectivity index (χ0) is 26.9. The monoisotopic (exact) mass is 524 g/mol. The number of benzene rings is 2. The molecule has 1 fully saturated rings. The number of methoxy groups -OCH3 is 2. The molecule has 0 saturated carbocycles. The first-order chi connectivity index (χ1) is 17.7. The molecule has 2 N–H and O–H groups in total. The maximum Gasteiger partial charge on any atom is 0.350 e. The van der Waals surface area contributed by atoms with Gasteiger partial charge in [-0.05, 0) is 43.7 Å². The summed E-state index contributed by atoms with van der Waals surface area (Å²) in [7, 11) is 2.70. The number of carbonyl (C=O) groups is 3. The van der Waals surface area contributed by atoms with E-state index in [9.17, 15) is 24.6 Å². The molecule has 37 heavy (non-hydrogen) atoms. The van der Waals surface area contributed by atoms with Crippen LogP contribution >= 0.6 is 11.3 Å². The second-order valence-electron chi connectivity index (χ2n) is 7.96. The number of rotatable bonds is 7. The summed E-state index contributed by atoms with van der Waals surface area (Å²) in [6.07, 6.45) is 0. The van der Waals surface area contributed by atoms with Crippen molar-refractivity contribution in [3.05, 3.63) is 69.7 Å². The summed E-state index contributed by atoms with van der Waals surface area (Å²) in [6.45, 7) is 3.59. The Morgan fingerprint density at radius 2 is 1.92 bits per heavy atom. The van der Waals surface area contributed by atoms with E-state index in [1.54, 1.807) is 32.0 Å². The maximum atomic E-state index is 13.4. The van der Waals surface area contributed by atoms with Crippen LogP contribution < -0.4 is 14.4 Å². The Kier molecular flexibility index (Phi) is 7.16. The first-order valence-electron chi connectivity index (χ1n) is 11.2. The quantitative estimate of drug-likeness (QED) is 0.204. The van der Waals surface area contributed by atoms with Crippen molar-refractivity contribution in [1.29, 1.82) is 0 Å². The van der Waals surface area contributed by atoms with Gasteiger partial charge < -0.3 is 24.4 Å². The van der Waals surface area contributed by atoms with Gasteiger partial charge in [-0.15, -0.1) is 0 Å². The average Bonchev–Trinajstić information content (AvgIpc) is 3.41. The molecule has 1 aliphatic heterocycles. The van der Waals surface area contributed by atoms with Crippen LogP contribution in [0.1, 0.15) is 39.5 Å². The van der Waals surface area contributed by atoms with Crippen LogP contribution in [-0.4, -0.2) is 53.7 Å². The molecule has 1 atom stereocenters. The SMILES string of the molecule is CCOc1cc([C@H]2C(=C(O)c3cccc(OC)c3)C(=O)C(=O)N2c2nc(C)c(C(=O)OC)s2)ccc1O. The first-order valence-corrected chi connectivity index (χ1v) is 12.0. The van der Waals surface area contributed by atoms with Gasteiger partial charge in [0.05, 0.1) is 38.1 Å². The molecule has 2 heterocycles. The normalized spacial score (nSPS) is 16.6. The van der Waals surface area contributed by atoms with Crippen LogP contribution in [0.25, 0.3) is 5.76 Å². The lowest BCUT2D eigenvalue weighted by molar-refractivity contribution is -0.132. The summed E-state index contributed by atoms with van der Waals surface area (Å²) in [5.74, 6) is -2.48. The minimum Gasteiger partial charge on any atom is -0.507 e. The van der Waals surface area contributed by atoms with Crippen LogP contribution in [0.3, 0.4) is 0 Å². The van der Waals surface area contributed by atoms with Crippen LogP contribution in [0.4, 0.5) is 5.13 Å². The molecular weight excluding hydrogens is 500 g/mol. The Bertz CT molecular complexity index is 1430. The van der Waals surface area contributed by atoms with Crippen molar-refractivity contribution in [3.8, 4) is 17.2 Å². The van der Waals surface area contributed by atoms with Gasteiger partial charge in [0.1, 0.15) is 16.4 Å². The molecule has 4 rings (SSSR count). The fourth-order valence-electron chi connectivity index (χ4n) is 4.01. The molecule has 0 bridgehead atoms. The number of ketones is 1. The number of ether oxygens (including phenoxy) is 3. The van der Waals surface area contributed by atoms with E-state index in [0.717, 1.165) is 16.2 Å². The molecule has 3 aromatic rings. The number of aromatic hydroxyl groups is 1. The minimum absolute atomic E-state index is 0.0701. The highest BCUT2D eigenvalue weighted by molar-refractivity contribution is 7.17. The van der Waals surface area contributed by atoms with E-state index >= 15 is 0 Å². The Morgan fingerprint density at radius 1 is 1.16 bits per heavy atom. The van der Waals surface area contributed by atoms with Gasteiger partial charge in [-0.2, -0.15) is 0 Å². The fraction of sp³-hybridized carbons (Fsp3) is 0.231. The number of anilines is 1. The largest absolute Gasteiger partial charge is 0.507 e. The number of aromatic nitrogens is 1. The second kappa shape index (κ2) is 10.3. The van der Waals surface area contributed by atoms with E-state index in [-0.39, 0.29) is 39.3 Å². The molecule has 0 spiro atoms.